The normalized spacial score (nSPS) is 10.7. The van der Waals surface area contributed by atoms with Crippen LogP contribution < -0.4 is 9.47 Å². The Kier molecular flexibility index (Phi) is 12.4. The highest BCUT2D eigenvalue weighted by Crippen LogP contribution is 2.21. The smallest absolute Gasteiger partial charge is 0.343 e. The number of benzene rings is 2. The molecule has 0 aliphatic carbocycles. The predicted molar refractivity (Wildman–Crippen MR) is 150 cm³/mol. The summed E-state index contributed by atoms with van der Waals surface area (Å²) < 4.78 is 11.3. The fraction of sp³-hybridized carbons (Fsp3) is 0.406. The number of hydrogen-bond acceptors (Lipinski definition) is 5. The highest BCUT2D eigenvalue weighted by atomic mass is 16.5. The van der Waals surface area contributed by atoms with Crippen molar-refractivity contribution in [1.29, 1.82) is 0 Å². The van der Waals surface area contributed by atoms with Gasteiger partial charge in [-0.15, -0.1) is 6.58 Å². The molecule has 0 N–H and O–H groups in total. The van der Waals surface area contributed by atoms with Crippen molar-refractivity contribution in [3.8, 4) is 22.9 Å². The van der Waals surface area contributed by atoms with Gasteiger partial charge in [0.05, 0.1) is 12.2 Å². The molecule has 0 aliphatic rings. The number of esters is 1. The Bertz CT molecular complexity index is 1060. The number of aromatic nitrogens is 2. The molecule has 2 aromatic carbocycles. The lowest BCUT2D eigenvalue weighted by atomic mass is 10.1. The van der Waals surface area contributed by atoms with Crippen LogP contribution in [0, 0.1) is 0 Å². The zero-order valence-electron chi connectivity index (χ0n) is 22.2. The quantitative estimate of drug-likeness (QED) is 0.0806. The van der Waals surface area contributed by atoms with E-state index in [2.05, 4.69) is 23.5 Å². The second kappa shape index (κ2) is 16.3. The number of ether oxygens (including phenoxy) is 2. The van der Waals surface area contributed by atoms with Crippen molar-refractivity contribution < 1.29 is 14.3 Å². The fourth-order valence-electron chi connectivity index (χ4n) is 4.03. The minimum Gasteiger partial charge on any atom is -0.494 e. The van der Waals surface area contributed by atoms with E-state index in [1.807, 2.05) is 30.6 Å². The number of aryl methyl sites for hydroxylation is 1. The monoisotopic (exact) mass is 500 g/mol. The molecule has 1 heterocycles. The maximum absolute atomic E-state index is 12.5. The Balaban J connectivity index is 1.43. The van der Waals surface area contributed by atoms with Crippen molar-refractivity contribution in [1.82, 2.24) is 9.97 Å². The molecule has 1 aromatic heterocycles. The van der Waals surface area contributed by atoms with Gasteiger partial charge >= 0.3 is 5.97 Å². The molecule has 0 saturated heterocycles. The summed E-state index contributed by atoms with van der Waals surface area (Å²) in [7, 11) is 0. The van der Waals surface area contributed by atoms with Gasteiger partial charge in [-0.2, -0.15) is 0 Å². The number of hydrogen-bond donors (Lipinski definition) is 0. The van der Waals surface area contributed by atoms with E-state index in [4.69, 9.17) is 9.47 Å². The Morgan fingerprint density at radius 3 is 2.16 bits per heavy atom. The molecule has 37 heavy (non-hydrogen) atoms. The van der Waals surface area contributed by atoms with E-state index in [0.29, 0.717) is 23.7 Å². The van der Waals surface area contributed by atoms with Crippen molar-refractivity contribution in [3.63, 3.8) is 0 Å². The number of rotatable bonds is 17. The van der Waals surface area contributed by atoms with Gasteiger partial charge in [0, 0.05) is 18.0 Å². The van der Waals surface area contributed by atoms with E-state index in [1.165, 1.54) is 44.1 Å². The van der Waals surface area contributed by atoms with Crippen LogP contribution in [-0.4, -0.2) is 22.5 Å². The molecule has 0 atom stereocenters. The van der Waals surface area contributed by atoms with E-state index < -0.39 is 5.97 Å². The van der Waals surface area contributed by atoms with Crippen LogP contribution in [0.2, 0.25) is 0 Å². The van der Waals surface area contributed by atoms with Gasteiger partial charge < -0.3 is 9.47 Å². The lowest BCUT2D eigenvalue weighted by molar-refractivity contribution is 0.0734. The third-order valence-corrected chi connectivity index (χ3v) is 6.26. The largest absolute Gasteiger partial charge is 0.494 e. The minimum absolute atomic E-state index is 0.404. The summed E-state index contributed by atoms with van der Waals surface area (Å²) in [6, 6.07) is 14.3. The molecule has 0 spiro atoms. The van der Waals surface area contributed by atoms with Gasteiger partial charge in [-0.3, -0.25) is 0 Å². The minimum atomic E-state index is -0.404. The summed E-state index contributed by atoms with van der Waals surface area (Å²) in [6.07, 6.45) is 18.8. The van der Waals surface area contributed by atoms with Crippen LogP contribution in [-0.2, 0) is 6.42 Å². The standard InChI is InChI=1S/C32H40N2O3/c1-3-5-7-9-10-12-14-26-24-33-31(34-25-26)27-15-21-30(22-16-27)37-32(35)28-17-19-29(20-18-28)36-23-13-11-8-6-4-2/h4,15-22,24-25H,2-3,5-14,23H2,1H3. The summed E-state index contributed by atoms with van der Waals surface area (Å²) in [5.41, 5.74) is 2.54. The zero-order valence-corrected chi connectivity index (χ0v) is 22.2. The molecule has 0 aliphatic heterocycles. The SMILES string of the molecule is C=CCCCCCOc1ccc(C(=O)Oc2ccc(-c3ncc(CCCCCCCC)cn3)cc2)cc1. The van der Waals surface area contributed by atoms with Crippen LogP contribution in [0.1, 0.15) is 87.1 Å². The van der Waals surface area contributed by atoms with Gasteiger partial charge in [0.25, 0.3) is 0 Å². The van der Waals surface area contributed by atoms with Crippen LogP contribution in [0.15, 0.2) is 73.6 Å². The molecule has 0 bridgehead atoms. The Morgan fingerprint density at radius 1 is 0.811 bits per heavy atom. The first-order valence-corrected chi connectivity index (χ1v) is 13.7. The highest BCUT2D eigenvalue weighted by Gasteiger charge is 2.10. The summed E-state index contributed by atoms with van der Waals surface area (Å²) in [4.78, 5) is 21.6. The zero-order chi connectivity index (χ0) is 26.1. The maximum atomic E-state index is 12.5. The summed E-state index contributed by atoms with van der Waals surface area (Å²) in [5, 5.41) is 0. The molecule has 196 valence electrons. The van der Waals surface area contributed by atoms with Crippen molar-refractivity contribution in [3.05, 3.63) is 84.7 Å². The van der Waals surface area contributed by atoms with Crippen molar-refractivity contribution >= 4 is 5.97 Å². The van der Waals surface area contributed by atoms with Crippen LogP contribution >= 0.6 is 0 Å². The van der Waals surface area contributed by atoms with Crippen molar-refractivity contribution in [2.45, 2.75) is 77.6 Å². The summed E-state index contributed by atoms with van der Waals surface area (Å²) >= 11 is 0. The highest BCUT2D eigenvalue weighted by molar-refractivity contribution is 5.91. The van der Waals surface area contributed by atoms with Gasteiger partial charge in [-0.05, 0) is 92.6 Å². The van der Waals surface area contributed by atoms with E-state index in [9.17, 15) is 4.79 Å². The van der Waals surface area contributed by atoms with Gasteiger partial charge in [0.2, 0.25) is 0 Å². The molecule has 3 rings (SSSR count). The molecular weight excluding hydrogens is 460 g/mol. The lowest BCUT2D eigenvalue weighted by Crippen LogP contribution is -2.08. The lowest BCUT2D eigenvalue weighted by Gasteiger charge is -2.08. The Hall–Kier alpha value is -3.47. The first-order chi connectivity index (χ1) is 18.2. The van der Waals surface area contributed by atoms with Gasteiger partial charge in [0.15, 0.2) is 5.82 Å². The third-order valence-electron chi connectivity index (χ3n) is 6.26. The number of nitrogens with zero attached hydrogens (tertiary/aromatic N) is 2. The Morgan fingerprint density at radius 2 is 1.46 bits per heavy atom. The molecule has 3 aromatic rings. The molecule has 0 unspecified atom stereocenters. The second-order valence-corrected chi connectivity index (χ2v) is 9.36. The van der Waals surface area contributed by atoms with E-state index >= 15 is 0 Å². The first-order valence-electron chi connectivity index (χ1n) is 13.7. The molecule has 0 radical (unpaired) electrons. The number of carbonyl (C=O) groups excluding carboxylic acids is 1. The van der Waals surface area contributed by atoms with Gasteiger partial charge in [-0.25, -0.2) is 14.8 Å². The topological polar surface area (TPSA) is 61.3 Å². The van der Waals surface area contributed by atoms with Crippen molar-refractivity contribution in [2.75, 3.05) is 6.61 Å². The van der Waals surface area contributed by atoms with E-state index in [1.54, 1.807) is 36.4 Å². The predicted octanol–water partition coefficient (Wildman–Crippen LogP) is 8.39. The van der Waals surface area contributed by atoms with Crippen LogP contribution in [0.5, 0.6) is 11.5 Å². The molecule has 5 nitrogen and oxygen atoms in total. The molecule has 0 fully saturated rings. The Labute approximate surface area is 222 Å². The fourth-order valence-corrected chi connectivity index (χ4v) is 4.03. The molecule has 0 saturated carbocycles. The van der Waals surface area contributed by atoms with Crippen LogP contribution in [0.3, 0.4) is 0 Å². The number of unbranched alkanes of at least 4 members (excludes halogenated alkanes) is 8. The average Bonchev–Trinajstić information content (AvgIpc) is 2.94. The van der Waals surface area contributed by atoms with Crippen molar-refractivity contribution in [2.24, 2.45) is 0 Å². The van der Waals surface area contributed by atoms with E-state index in [0.717, 1.165) is 43.4 Å². The van der Waals surface area contributed by atoms with Crippen LogP contribution in [0.4, 0.5) is 0 Å². The molecular formula is C32H40N2O3. The first kappa shape index (κ1) is 28.1. The number of carbonyl (C=O) groups is 1. The van der Waals surface area contributed by atoms with E-state index in [-0.39, 0.29) is 0 Å². The molecule has 0 amide bonds. The van der Waals surface area contributed by atoms with Gasteiger partial charge in [-0.1, -0.05) is 45.1 Å². The van der Waals surface area contributed by atoms with Gasteiger partial charge in [0.1, 0.15) is 11.5 Å². The number of allylic oxidation sites excluding steroid dienone is 1. The average molecular weight is 501 g/mol. The summed E-state index contributed by atoms with van der Waals surface area (Å²) in [5.74, 6) is 1.50. The van der Waals surface area contributed by atoms with Crippen LogP contribution in [0.25, 0.3) is 11.4 Å². The second-order valence-electron chi connectivity index (χ2n) is 9.36. The summed E-state index contributed by atoms with van der Waals surface area (Å²) in [6.45, 7) is 6.64. The molecule has 5 heteroatoms. The third kappa shape index (κ3) is 10.2. The maximum Gasteiger partial charge on any atom is 0.343 e.